The van der Waals surface area contributed by atoms with Gasteiger partial charge in [-0.05, 0) is 31.2 Å². The molecule has 1 aromatic heterocycles. The van der Waals surface area contributed by atoms with Crippen LogP contribution in [0.2, 0.25) is 0 Å². The number of hydrogen-bond acceptors (Lipinski definition) is 3. The molecular weight excluding hydrogens is 240 g/mol. The van der Waals surface area contributed by atoms with Gasteiger partial charge in [-0.3, -0.25) is 9.89 Å². The quantitative estimate of drug-likeness (QED) is 0.884. The van der Waals surface area contributed by atoms with Crippen LogP contribution in [0.1, 0.15) is 29.0 Å². The summed E-state index contributed by atoms with van der Waals surface area (Å²) < 4.78 is 0. The molecule has 100 valence electrons. The van der Waals surface area contributed by atoms with Crippen LogP contribution in [-0.2, 0) is 0 Å². The Morgan fingerprint density at radius 1 is 1.37 bits per heavy atom. The first-order valence-corrected chi connectivity index (χ1v) is 6.15. The molecule has 0 spiro atoms. The monoisotopic (exact) mass is 258 g/mol. The molecule has 1 unspecified atom stereocenters. The Morgan fingerprint density at radius 3 is 2.79 bits per heavy atom. The molecule has 0 fully saturated rings. The van der Waals surface area contributed by atoms with Crippen molar-refractivity contribution in [2.75, 3.05) is 19.4 Å². The molecule has 1 atom stereocenters. The Kier molecular flexibility index (Phi) is 3.85. The minimum Gasteiger partial charge on any atom is -0.377 e. The molecule has 2 rings (SSSR count). The zero-order valence-corrected chi connectivity index (χ0v) is 11.3. The predicted molar refractivity (Wildman–Crippen MR) is 75.1 cm³/mol. The van der Waals surface area contributed by atoms with Gasteiger partial charge in [0.1, 0.15) is 0 Å². The maximum atomic E-state index is 11.9. The van der Waals surface area contributed by atoms with E-state index in [0.717, 1.165) is 11.4 Å². The Bertz CT molecular complexity index is 548. The number of benzene rings is 1. The van der Waals surface area contributed by atoms with E-state index < -0.39 is 0 Å². The summed E-state index contributed by atoms with van der Waals surface area (Å²) in [6.45, 7) is 2.04. The highest BCUT2D eigenvalue weighted by molar-refractivity contribution is 5.94. The molecule has 2 aromatic rings. The number of carbonyl (C=O) groups is 1. The fraction of sp³-hybridized carbons (Fsp3) is 0.286. The minimum absolute atomic E-state index is 0.00200. The SMILES string of the molecule is CC(Nc1cccc(C(=O)N(C)C)c1)c1ccn[nH]1. The topological polar surface area (TPSA) is 61.0 Å². The summed E-state index contributed by atoms with van der Waals surface area (Å²) >= 11 is 0. The maximum Gasteiger partial charge on any atom is 0.253 e. The summed E-state index contributed by atoms with van der Waals surface area (Å²) in [4.78, 5) is 13.5. The van der Waals surface area contributed by atoms with E-state index in [-0.39, 0.29) is 11.9 Å². The lowest BCUT2D eigenvalue weighted by molar-refractivity contribution is 0.0827. The van der Waals surface area contributed by atoms with E-state index in [1.54, 1.807) is 25.2 Å². The molecular formula is C14H18N4O. The van der Waals surface area contributed by atoms with Crippen LogP contribution in [0.3, 0.4) is 0 Å². The first kappa shape index (κ1) is 13.1. The first-order chi connectivity index (χ1) is 9.08. The third kappa shape index (κ3) is 3.13. The van der Waals surface area contributed by atoms with Crippen molar-refractivity contribution in [1.82, 2.24) is 15.1 Å². The van der Waals surface area contributed by atoms with E-state index in [9.17, 15) is 4.79 Å². The third-order valence-electron chi connectivity index (χ3n) is 2.89. The summed E-state index contributed by atoms with van der Waals surface area (Å²) in [6, 6.07) is 9.51. The highest BCUT2D eigenvalue weighted by atomic mass is 16.2. The van der Waals surface area contributed by atoms with Crippen LogP contribution in [0.4, 0.5) is 5.69 Å². The van der Waals surface area contributed by atoms with Crippen molar-refractivity contribution < 1.29 is 4.79 Å². The number of anilines is 1. The largest absolute Gasteiger partial charge is 0.377 e. The molecule has 19 heavy (non-hydrogen) atoms. The average molecular weight is 258 g/mol. The van der Waals surface area contributed by atoms with Gasteiger partial charge in [0.05, 0.1) is 11.7 Å². The molecule has 0 aliphatic heterocycles. The van der Waals surface area contributed by atoms with Gasteiger partial charge in [-0.1, -0.05) is 6.07 Å². The predicted octanol–water partition coefficient (Wildman–Crippen LogP) is 2.28. The number of hydrogen-bond donors (Lipinski definition) is 2. The van der Waals surface area contributed by atoms with Crippen LogP contribution in [0.15, 0.2) is 36.5 Å². The summed E-state index contributed by atoms with van der Waals surface area (Å²) in [5, 5.41) is 10.2. The normalized spacial score (nSPS) is 11.9. The number of amides is 1. The van der Waals surface area contributed by atoms with E-state index >= 15 is 0 Å². The van der Waals surface area contributed by atoms with Gasteiger partial charge in [0.25, 0.3) is 5.91 Å². The van der Waals surface area contributed by atoms with Crippen molar-refractivity contribution in [3.05, 3.63) is 47.8 Å². The fourth-order valence-electron chi connectivity index (χ4n) is 1.84. The number of rotatable bonds is 4. The van der Waals surface area contributed by atoms with E-state index in [1.165, 1.54) is 0 Å². The maximum absolute atomic E-state index is 11.9. The standard InChI is InChI=1S/C14H18N4O/c1-10(13-7-8-15-17-13)16-12-6-4-5-11(9-12)14(19)18(2)3/h4-10,16H,1-3H3,(H,15,17). The van der Waals surface area contributed by atoms with Gasteiger partial charge in [-0.2, -0.15) is 5.10 Å². The molecule has 0 saturated carbocycles. The number of nitrogens with zero attached hydrogens (tertiary/aromatic N) is 2. The lowest BCUT2D eigenvalue weighted by atomic mass is 10.1. The summed E-state index contributed by atoms with van der Waals surface area (Å²) in [5.74, 6) is -0.00200. The van der Waals surface area contributed by atoms with Gasteiger partial charge >= 0.3 is 0 Å². The van der Waals surface area contributed by atoms with Gasteiger partial charge < -0.3 is 10.2 Å². The second-order valence-electron chi connectivity index (χ2n) is 4.66. The summed E-state index contributed by atoms with van der Waals surface area (Å²) in [6.07, 6.45) is 1.72. The summed E-state index contributed by atoms with van der Waals surface area (Å²) in [5.41, 5.74) is 2.59. The number of carbonyl (C=O) groups excluding carboxylic acids is 1. The third-order valence-corrected chi connectivity index (χ3v) is 2.89. The lowest BCUT2D eigenvalue weighted by Crippen LogP contribution is -2.21. The van der Waals surface area contributed by atoms with Gasteiger partial charge in [-0.15, -0.1) is 0 Å². The van der Waals surface area contributed by atoms with Gasteiger partial charge in [-0.25, -0.2) is 0 Å². The second-order valence-corrected chi connectivity index (χ2v) is 4.66. The molecule has 1 amide bonds. The molecule has 0 radical (unpaired) electrons. The second kappa shape index (κ2) is 5.56. The lowest BCUT2D eigenvalue weighted by Gasteiger charge is -2.15. The van der Waals surface area contributed by atoms with Crippen LogP contribution in [0.5, 0.6) is 0 Å². The van der Waals surface area contributed by atoms with E-state index in [0.29, 0.717) is 5.56 Å². The minimum atomic E-state index is -0.00200. The number of H-pyrrole nitrogens is 1. The van der Waals surface area contributed by atoms with E-state index in [4.69, 9.17) is 0 Å². The van der Waals surface area contributed by atoms with E-state index in [2.05, 4.69) is 15.5 Å². The van der Waals surface area contributed by atoms with Crippen LogP contribution in [-0.4, -0.2) is 35.1 Å². The zero-order valence-electron chi connectivity index (χ0n) is 11.3. The van der Waals surface area contributed by atoms with Crippen LogP contribution in [0.25, 0.3) is 0 Å². The smallest absolute Gasteiger partial charge is 0.253 e. The number of nitrogens with one attached hydrogen (secondary N) is 2. The average Bonchev–Trinajstić information content (AvgIpc) is 2.92. The van der Waals surface area contributed by atoms with Crippen LogP contribution >= 0.6 is 0 Å². The van der Waals surface area contributed by atoms with Crippen LogP contribution < -0.4 is 5.32 Å². The van der Waals surface area contributed by atoms with Crippen molar-refractivity contribution in [1.29, 1.82) is 0 Å². The van der Waals surface area contributed by atoms with Gasteiger partial charge in [0.2, 0.25) is 0 Å². The molecule has 1 heterocycles. The molecule has 5 heteroatoms. The van der Waals surface area contributed by atoms with Gasteiger partial charge in [0.15, 0.2) is 0 Å². The highest BCUT2D eigenvalue weighted by Crippen LogP contribution is 2.18. The van der Waals surface area contributed by atoms with Crippen molar-refractivity contribution in [2.24, 2.45) is 0 Å². The Hall–Kier alpha value is -2.30. The van der Waals surface area contributed by atoms with E-state index in [1.807, 2.05) is 37.3 Å². The Balaban J connectivity index is 2.13. The summed E-state index contributed by atoms with van der Waals surface area (Å²) in [7, 11) is 3.49. The molecule has 0 bridgehead atoms. The molecule has 5 nitrogen and oxygen atoms in total. The van der Waals surface area contributed by atoms with Crippen LogP contribution in [0, 0.1) is 0 Å². The molecule has 0 aliphatic carbocycles. The molecule has 2 N–H and O–H groups in total. The first-order valence-electron chi connectivity index (χ1n) is 6.15. The zero-order chi connectivity index (χ0) is 13.8. The highest BCUT2D eigenvalue weighted by Gasteiger charge is 2.10. The number of aromatic amines is 1. The Morgan fingerprint density at radius 2 is 2.16 bits per heavy atom. The van der Waals surface area contributed by atoms with Crippen molar-refractivity contribution in [3.8, 4) is 0 Å². The van der Waals surface area contributed by atoms with Crippen molar-refractivity contribution >= 4 is 11.6 Å². The van der Waals surface area contributed by atoms with Crippen molar-refractivity contribution in [2.45, 2.75) is 13.0 Å². The molecule has 0 aliphatic rings. The van der Waals surface area contributed by atoms with Gasteiger partial charge in [0, 0.05) is 31.5 Å². The molecule has 0 saturated heterocycles. The van der Waals surface area contributed by atoms with Crippen molar-refractivity contribution in [3.63, 3.8) is 0 Å². The Labute approximate surface area is 112 Å². The molecule has 1 aromatic carbocycles. The number of aromatic nitrogens is 2. The fourth-order valence-corrected chi connectivity index (χ4v) is 1.84.